The van der Waals surface area contributed by atoms with Crippen LogP contribution in [0.3, 0.4) is 0 Å². The maximum Gasteiger partial charge on any atom is 0.306 e. The number of carboxylic acids is 1. The summed E-state index contributed by atoms with van der Waals surface area (Å²) in [5.41, 5.74) is 1.07. The maximum absolute atomic E-state index is 11.1. The third kappa shape index (κ3) is 1.50. The van der Waals surface area contributed by atoms with Crippen molar-refractivity contribution in [2.24, 2.45) is 11.8 Å². The van der Waals surface area contributed by atoms with Crippen molar-refractivity contribution in [2.75, 3.05) is 0 Å². The van der Waals surface area contributed by atoms with Gasteiger partial charge in [0.2, 0.25) is 0 Å². The standard InChI is InChI=1S/C10H12O3/c11-9-2-1-6-3-8(10(12)13)4-7(6)5-9/h5-6,8H,1-4H2,(H,12,13)/t6-,8+/m1/s1. The molecule has 0 aromatic carbocycles. The minimum Gasteiger partial charge on any atom is -0.481 e. The molecule has 0 heterocycles. The molecular formula is C10H12O3. The Balaban J connectivity index is 2.15. The van der Waals surface area contributed by atoms with E-state index in [1.165, 1.54) is 0 Å². The molecule has 2 aliphatic carbocycles. The Morgan fingerprint density at radius 2 is 2.31 bits per heavy atom. The molecule has 13 heavy (non-hydrogen) atoms. The third-order valence-electron chi connectivity index (χ3n) is 3.01. The lowest BCUT2D eigenvalue weighted by Crippen LogP contribution is -2.10. The second kappa shape index (κ2) is 2.98. The van der Waals surface area contributed by atoms with Crippen molar-refractivity contribution in [1.29, 1.82) is 0 Å². The van der Waals surface area contributed by atoms with Gasteiger partial charge in [0.15, 0.2) is 5.78 Å². The van der Waals surface area contributed by atoms with Crippen LogP contribution in [0.5, 0.6) is 0 Å². The van der Waals surface area contributed by atoms with Crippen molar-refractivity contribution in [2.45, 2.75) is 25.7 Å². The number of aliphatic carboxylic acids is 1. The highest BCUT2D eigenvalue weighted by Crippen LogP contribution is 2.40. The summed E-state index contributed by atoms with van der Waals surface area (Å²) in [5, 5.41) is 8.81. The van der Waals surface area contributed by atoms with E-state index in [1.807, 2.05) is 0 Å². The highest BCUT2D eigenvalue weighted by Gasteiger charge is 2.35. The molecule has 1 N–H and O–H groups in total. The van der Waals surface area contributed by atoms with Crippen LogP contribution in [0, 0.1) is 11.8 Å². The zero-order valence-corrected chi connectivity index (χ0v) is 7.32. The van der Waals surface area contributed by atoms with Crippen LogP contribution in [-0.4, -0.2) is 16.9 Å². The Morgan fingerprint density at radius 1 is 1.54 bits per heavy atom. The molecule has 2 rings (SSSR count). The summed E-state index contributed by atoms with van der Waals surface area (Å²) < 4.78 is 0. The second-order valence-corrected chi connectivity index (χ2v) is 3.90. The second-order valence-electron chi connectivity index (χ2n) is 3.90. The number of carbonyl (C=O) groups is 2. The monoisotopic (exact) mass is 180 g/mol. The Labute approximate surface area is 76.4 Å². The molecule has 0 saturated heterocycles. The number of carboxylic acid groups (broad SMARTS) is 1. The number of rotatable bonds is 1. The Morgan fingerprint density at radius 3 is 3.00 bits per heavy atom. The predicted molar refractivity (Wildman–Crippen MR) is 46.2 cm³/mol. The van der Waals surface area contributed by atoms with E-state index in [9.17, 15) is 9.59 Å². The lowest BCUT2D eigenvalue weighted by molar-refractivity contribution is -0.141. The van der Waals surface area contributed by atoms with Gasteiger partial charge in [-0.15, -0.1) is 0 Å². The molecule has 3 nitrogen and oxygen atoms in total. The van der Waals surface area contributed by atoms with Gasteiger partial charge in [-0.25, -0.2) is 0 Å². The highest BCUT2D eigenvalue weighted by molar-refractivity contribution is 5.91. The van der Waals surface area contributed by atoms with E-state index >= 15 is 0 Å². The first kappa shape index (κ1) is 8.48. The summed E-state index contributed by atoms with van der Waals surface area (Å²) in [6.07, 6.45) is 4.44. The quantitative estimate of drug-likeness (QED) is 0.663. The topological polar surface area (TPSA) is 54.4 Å². The summed E-state index contributed by atoms with van der Waals surface area (Å²) in [6.45, 7) is 0. The summed E-state index contributed by atoms with van der Waals surface area (Å²) in [7, 11) is 0. The van der Waals surface area contributed by atoms with Crippen LogP contribution in [0.25, 0.3) is 0 Å². The fraction of sp³-hybridized carbons (Fsp3) is 0.600. The molecule has 0 aliphatic heterocycles. The Kier molecular flexibility index (Phi) is 1.94. The summed E-state index contributed by atoms with van der Waals surface area (Å²) in [4.78, 5) is 21.8. The van der Waals surface area contributed by atoms with Gasteiger partial charge in [0.25, 0.3) is 0 Å². The molecule has 1 saturated carbocycles. The fourth-order valence-corrected chi connectivity index (χ4v) is 2.29. The van der Waals surface area contributed by atoms with E-state index in [2.05, 4.69) is 0 Å². The van der Waals surface area contributed by atoms with Crippen molar-refractivity contribution >= 4 is 11.8 Å². The molecule has 0 bridgehead atoms. The highest BCUT2D eigenvalue weighted by atomic mass is 16.4. The molecule has 0 amide bonds. The summed E-state index contributed by atoms with van der Waals surface area (Å²) in [6, 6.07) is 0. The van der Waals surface area contributed by atoms with E-state index in [-0.39, 0.29) is 11.7 Å². The van der Waals surface area contributed by atoms with Gasteiger partial charge in [0.1, 0.15) is 0 Å². The van der Waals surface area contributed by atoms with Gasteiger partial charge in [-0.05, 0) is 31.3 Å². The van der Waals surface area contributed by atoms with Crippen LogP contribution in [-0.2, 0) is 9.59 Å². The summed E-state index contributed by atoms with van der Waals surface area (Å²) >= 11 is 0. The number of allylic oxidation sites excluding steroid dienone is 2. The summed E-state index contributed by atoms with van der Waals surface area (Å²) in [5.74, 6) is -0.430. The minimum absolute atomic E-state index is 0.164. The van der Waals surface area contributed by atoms with E-state index in [0.29, 0.717) is 18.8 Å². The number of ketones is 1. The lowest BCUT2D eigenvalue weighted by Gasteiger charge is -2.14. The molecular weight excluding hydrogens is 168 g/mol. The average molecular weight is 180 g/mol. The molecule has 2 aliphatic rings. The SMILES string of the molecule is O=C1C=C2C[C@@H](C(=O)O)C[C@H]2CC1. The number of fused-ring (bicyclic) bond motifs is 1. The molecule has 0 aromatic rings. The van der Waals surface area contributed by atoms with Gasteiger partial charge in [-0.3, -0.25) is 9.59 Å². The number of hydrogen-bond acceptors (Lipinski definition) is 2. The van der Waals surface area contributed by atoms with Crippen molar-refractivity contribution in [3.05, 3.63) is 11.6 Å². The first-order chi connectivity index (χ1) is 6.16. The van der Waals surface area contributed by atoms with Gasteiger partial charge in [0, 0.05) is 6.42 Å². The third-order valence-corrected chi connectivity index (χ3v) is 3.01. The van der Waals surface area contributed by atoms with Gasteiger partial charge in [-0.2, -0.15) is 0 Å². The van der Waals surface area contributed by atoms with Crippen LogP contribution in [0.1, 0.15) is 25.7 Å². The van der Waals surface area contributed by atoms with E-state index in [4.69, 9.17) is 5.11 Å². The van der Waals surface area contributed by atoms with Crippen LogP contribution in [0.15, 0.2) is 11.6 Å². The maximum atomic E-state index is 11.1. The molecule has 2 atom stereocenters. The largest absolute Gasteiger partial charge is 0.481 e. The van der Waals surface area contributed by atoms with Crippen LogP contribution in [0.2, 0.25) is 0 Å². The molecule has 3 heteroatoms. The van der Waals surface area contributed by atoms with Crippen molar-refractivity contribution in [3.63, 3.8) is 0 Å². The average Bonchev–Trinajstić information content (AvgIpc) is 2.46. The molecule has 0 unspecified atom stereocenters. The van der Waals surface area contributed by atoms with Crippen LogP contribution >= 0.6 is 0 Å². The fourth-order valence-electron chi connectivity index (χ4n) is 2.29. The smallest absolute Gasteiger partial charge is 0.306 e. The van der Waals surface area contributed by atoms with Crippen molar-refractivity contribution < 1.29 is 14.7 Å². The van der Waals surface area contributed by atoms with Crippen molar-refractivity contribution in [3.8, 4) is 0 Å². The lowest BCUT2D eigenvalue weighted by atomic mass is 9.90. The van der Waals surface area contributed by atoms with Crippen LogP contribution < -0.4 is 0 Å². The molecule has 0 spiro atoms. The first-order valence-corrected chi connectivity index (χ1v) is 4.63. The van der Waals surface area contributed by atoms with E-state index in [0.717, 1.165) is 18.4 Å². The van der Waals surface area contributed by atoms with Crippen molar-refractivity contribution in [1.82, 2.24) is 0 Å². The van der Waals surface area contributed by atoms with Gasteiger partial charge < -0.3 is 5.11 Å². The van der Waals surface area contributed by atoms with Gasteiger partial charge >= 0.3 is 5.97 Å². The zero-order chi connectivity index (χ0) is 9.42. The van der Waals surface area contributed by atoms with E-state index < -0.39 is 5.97 Å². The molecule has 0 radical (unpaired) electrons. The normalized spacial score (nSPS) is 32.6. The molecule has 1 fully saturated rings. The van der Waals surface area contributed by atoms with E-state index in [1.54, 1.807) is 6.08 Å². The van der Waals surface area contributed by atoms with Gasteiger partial charge in [-0.1, -0.05) is 5.57 Å². The van der Waals surface area contributed by atoms with Gasteiger partial charge in [0.05, 0.1) is 5.92 Å². The molecule has 70 valence electrons. The number of hydrogen-bond donors (Lipinski definition) is 1. The minimum atomic E-state index is -0.720. The van der Waals surface area contributed by atoms with Crippen LogP contribution in [0.4, 0.5) is 0 Å². The predicted octanol–water partition coefficient (Wildman–Crippen LogP) is 1.39. The Bertz CT molecular complexity index is 291. The Hall–Kier alpha value is -1.12. The molecule has 0 aromatic heterocycles. The first-order valence-electron chi connectivity index (χ1n) is 4.63. The number of carbonyl (C=O) groups excluding carboxylic acids is 1. The zero-order valence-electron chi connectivity index (χ0n) is 7.32.